The zero-order chi connectivity index (χ0) is 36.5. The van der Waals surface area contributed by atoms with Crippen LogP contribution < -0.4 is 9.98 Å². The van der Waals surface area contributed by atoms with Crippen LogP contribution in [-0.2, 0) is 32.2 Å². The van der Waals surface area contributed by atoms with E-state index in [1.807, 2.05) is 66.7 Å². The van der Waals surface area contributed by atoms with Crippen LogP contribution in [0, 0.1) is 5.92 Å². The van der Waals surface area contributed by atoms with Crippen molar-refractivity contribution in [2.75, 3.05) is 14.2 Å². The number of carbonyl (C=O) groups excluding carboxylic acids is 2. The molecule has 0 unspecified atom stereocenters. The van der Waals surface area contributed by atoms with Crippen LogP contribution in [-0.4, -0.2) is 47.6 Å². The first kappa shape index (κ1) is 35.3. The van der Waals surface area contributed by atoms with E-state index in [0.717, 1.165) is 69.1 Å². The number of carbonyl (C=O) groups is 2. The number of hydrogen-bond donors (Lipinski definition) is 1. The van der Waals surface area contributed by atoms with E-state index >= 15 is 4.89 Å². The fourth-order valence-corrected chi connectivity index (χ4v) is 12.0. The van der Waals surface area contributed by atoms with Gasteiger partial charge in [-0.15, -0.1) is 9.34 Å². The van der Waals surface area contributed by atoms with E-state index in [-0.39, 0.29) is 12.1 Å². The smallest absolute Gasteiger partial charge is 0.322 e. The first-order chi connectivity index (χ1) is 25.9. The standard InChI is InChI=1S/C44H44N3O5P/c1-51-43(48)41(44(49)52-2)42(34-26-25-30-13-3-4-16-33(30)27-34)45-53(50)46(28-35-19-11-17-31-14-5-7-21-37(31)35)39-23-9-10-24-40(39)47(53)29-36-20-12-18-32-15-6-8-22-38(32)36/h3-8,11-22,25-27,39-42H,9-10,23-24,28-29H2,1-2H3,(H,45,50)/t39-,40-,42+/m1/s1. The molecule has 1 saturated carbocycles. The number of nitrogens with one attached hydrogen (secondary N) is 1. The molecule has 0 aromatic heterocycles. The van der Waals surface area contributed by atoms with E-state index in [9.17, 15) is 9.59 Å². The Labute approximate surface area is 310 Å². The van der Waals surface area contributed by atoms with E-state index in [4.69, 9.17) is 9.47 Å². The second-order valence-electron chi connectivity index (χ2n) is 14.2. The van der Waals surface area contributed by atoms with Crippen molar-refractivity contribution in [1.82, 2.24) is 14.4 Å². The zero-order valence-corrected chi connectivity index (χ0v) is 31.0. The normalized spacial score (nSPS) is 19.4. The Morgan fingerprint density at radius 2 is 1.13 bits per heavy atom. The van der Waals surface area contributed by atoms with E-state index in [0.29, 0.717) is 18.7 Å². The number of fused-ring (bicyclic) bond motifs is 4. The van der Waals surface area contributed by atoms with Crippen molar-refractivity contribution in [1.29, 1.82) is 0 Å². The summed E-state index contributed by atoms with van der Waals surface area (Å²) in [5.41, 5.74) is 2.78. The Hall–Kier alpha value is -4.69. The molecule has 3 atom stereocenters. The minimum Gasteiger partial charge on any atom is -0.636 e. The maximum absolute atomic E-state index is 16.7. The zero-order valence-electron chi connectivity index (χ0n) is 30.1. The summed E-state index contributed by atoms with van der Waals surface area (Å²) in [7, 11) is -1.29. The van der Waals surface area contributed by atoms with E-state index < -0.39 is 31.8 Å². The lowest BCUT2D eigenvalue weighted by molar-refractivity contribution is -0.197. The molecule has 1 aliphatic heterocycles. The molecule has 2 fully saturated rings. The molecule has 0 spiro atoms. The molecule has 1 N–H and O–H groups in total. The first-order valence-corrected chi connectivity index (χ1v) is 20.0. The van der Waals surface area contributed by atoms with Crippen LogP contribution in [0.3, 0.4) is 0 Å². The largest absolute Gasteiger partial charge is 0.636 e. The molecule has 1 aliphatic carbocycles. The number of nitrogens with zero attached hydrogens (tertiary/aromatic N) is 2. The molecule has 6 aromatic carbocycles. The lowest BCUT2D eigenvalue weighted by atomic mass is 9.89. The highest BCUT2D eigenvalue weighted by Gasteiger charge is 2.61. The van der Waals surface area contributed by atoms with Crippen LogP contribution >= 0.6 is 7.94 Å². The Morgan fingerprint density at radius 1 is 0.660 bits per heavy atom. The van der Waals surface area contributed by atoms with Crippen molar-refractivity contribution in [2.45, 2.75) is 56.9 Å². The van der Waals surface area contributed by atoms with Crippen molar-refractivity contribution in [2.24, 2.45) is 5.92 Å². The van der Waals surface area contributed by atoms with Gasteiger partial charge in [-0.3, -0.25) is 9.59 Å². The predicted molar refractivity (Wildman–Crippen MR) is 209 cm³/mol. The van der Waals surface area contributed by atoms with Crippen LogP contribution in [0.2, 0.25) is 0 Å². The van der Waals surface area contributed by atoms with Crippen molar-refractivity contribution < 1.29 is 24.0 Å². The van der Waals surface area contributed by atoms with Crippen LogP contribution in [0.15, 0.2) is 127 Å². The van der Waals surface area contributed by atoms with E-state index in [1.54, 1.807) is 0 Å². The minimum atomic E-state index is -3.82. The Balaban J connectivity index is 1.32. The third-order valence-corrected chi connectivity index (χ3v) is 14.1. The molecule has 8 rings (SSSR count). The van der Waals surface area contributed by atoms with Gasteiger partial charge in [0.25, 0.3) is 0 Å². The average molecular weight is 726 g/mol. The fourth-order valence-electron chi connectivity index (χ4n) is 8.67. The SMILES string of the molecule is COC(=O)C(C(=O)OC)[C@@H](N[P+]1([O-])N(Cc2cccc3ccccc23)[C@@H]2CCCC[C@H]2N1Cc1cccc2ccccc12)c1ccc2ccccc2c1. The van der Waals surface area contributed by atoms with Crippen LogP contribution in [0.4, 0.5) is 0 Å². The van der Waals surface area contributed by atoms with Gasteiger partial charge in [-0.25, -0.2) is 0 Å². The quantitative estimate of drug-likeness (QED) is 0.0861. The predicted octanol–water partition coefficient (Wildman–Crippen LogP) is 8.11. The summed E-state index contributed by atoms with van der Waals surface area (Å²) in [6.07, 6.45) is 3.81. The topological polar surface area (TPSA) is 94.2 Å². The van der Waals surface area contributed by atoms with Crippen molar-refractivity contribution in [3.05, 3.63) is 144 Å². The second kappa shape index (κ2) is 15.0. The Kier molecular flexibility index (Phi) is 9.99. The minimum absolute atomic E-state index is 0.0250. The molecule has 53 heavy (non-hydrogen) atoms. The van der Waals surface area contributed by atoms with Crippen molar-refractivity contribution in [3.8, 4) is 0 Å². The van der Waals surface area contributed by atoms with E-state index in [1.165, 1.54) is 14.2 Å². The van der Waals surface area contributed by atoms with Gasteiger partial charge >= 0.3 is 11.9 Å². The summed E-state index contributed by atoms with van der Waals surface area (Å²) >= 11 is 0. The fraction of sp³-hybridized carbons (Fsp3) is 0.273. The number of benzene rings is 6. The van der Waals surface area contributed by atoms with Gasteiger partial charge in [0.05, 0.1) is 45.4 Å². The Bertz CT molecular complexity index is 2170. The van der Waals surface area contributed by atoms with Gasteiger partial charge in [-0.2, -0.15) is 5.09 Å². The summed E-state index contributed by atoms with van der Waals surface area (Å²) in [6.45, 7) is 0.842. The van der Waals surface area contributed by atoms with E-state index in [2.05, 4.69) is 75.1 Å². The van der Waals surface area contributed by atoms with Crippen LogP contribution in [0.1, 0.15) is 48.4 Å². The van der Waals surface area contributed by atoms with Gasteiger partial charge in [-0.05, 0) is 67.9 Å². The maximum atomic E-state index is 16.7. The van der Waals surface area contributed by atoms with Crippen molar-refractivity contribution in [3.63, 3.8) is 0 Å². The van der Waals surface area contributed by atoms with Gasteiger partial charge in [0.2, 0.25) is 0 Å². The molecule has 0 radical (unpaired) electrons. The summed E-state index contributed by atoms with van der Waals surface area (Å²) < 4.78 is 14.9. The molecule has 0 amide bonds. The Morgan fingerprint density at radius 3 is 1.66 bits per heavy atom. The van der Waals surface area contributed by atoms with Gasteiger partial charge in [-0.1, -0.05) is 134 Å². The second-order valence-corrected chi connectivity index (χ2v) is 16.5. The molecular weight excluding hydrogens is 681 g/mol. The molecule has 8 nitrogen and oxygen atoms in total. The molecule has 1 saturated heterocycles. The monoisotopic (exact) mass is 725 g/mol. The number of methoxy groups -OCH3 is 2. The third kappa shape index (κ3) is 6.60. The molecule has 270 valence electrons. The highest BCUT2D eigenvalue weighted by molar-refractivity contribution is 7.62. The molecule has 1 heterocycles. The van der Waals surface area contributed by atoms with Crippen LogP contribution in [0.25, 0.3) is 32.3 Å². The molecule has 2 aliphatic rings. The van der Waals surface area contributed by atoms with Gasteiger partial charge < -0.3 is 14.4 Å². The van der Waals surface area contributed by atoms with Gasteiger partial charge in [0, 0.05) is 0 Å². The number of ether oxygens (including phenoxy) is 2. The summed E-state index contributed by atoms with van der Waals surface area (Å²) in [5, 5.41) is 9.99. The van der Waals surface area contributed by atoms with Gasteiger partial charge in [0.15, 0.2) is 13.9 Å². The number of rotatable bonds is 10. The van der Waals surface area contributed by atoms with Crippen LogP contribution in [0.5, 0.6) is 0 Å². The lowest BCUT2D eigenvalue weighted by Crippen LogP contribution is -2.48. The number of esters is 2. The molecule has 6 aromatic rings. The summed E-state index contributed by atoms with van der Waals surface area (Å²) in [5.74, 6) is -2.93. The lowest BCUT2D eigenvalue weighted by Gasteiger charge is -2.43. The maximum Gasteiger partial charge on any atom is 0.322 e. The molecule has 0 bridgehead atoms. The highest BCUT2D eigenvalue weighted by Crippen LogP contribution is 2.66. The molecular formula is C44H44N3O5P. The van der Waals surface area contributed by atoms with Crippen molar-refractivity contribution >= 4 is 52.2 Å². The third-order valence-electron chi connectivity index (χ3n) is 11.3. The summed E-state index contributed by atoms with van der Waals surface area (Å²) in [4.78, 5) is 44.1. The molecule has 9 heteroatoms. The average Bonchev–Trinajstić information content (AvgIpc) is 3.43. The highest BCUT2D eigenvalue weighted by atomic mass is 31.2. The summed E-state index contributed by atoms with van der Waals surface area (Å²) in [6, 6.07) is 41.8. The van der Waals surface area contributed by atoms with Gasteiger partial charge in [0.1, 0.15) is 0 Å². The number of hydrogen-bond acceptors (Lipinski definition) is 8. The first-order valence-electron chi connectivity index (χ1n) is 18.4.